The van der Waals surface area contributed by atoms with Gasteiger partial charge in [0.15, 0.2) is 17.7 Å². The molecule has 26 heavy (non-hydrogen) atoms. The summed E-state index contributed by atoms with van der Waals surface area (Å²) in [6.45, 7) is 7.32. The number of nitrogens with zero attached hydrogens (tertiary/aromatic N) is 2. The molecule has 0 aliphatic heterocycles. The number of unbranched alkanes of at least 4 members (excludes halogenated alkanes) is 1. The molecule has 2 aromatic rings. The second kappa shape index (κ2) is 8.65. The van der Waals surface area contributed by atoms with Crippen molar-refractivity contribution in [2.75, 3.05) is 5.32 Å². The highest BCUT2D eigenvalue weighted by atomic mass is 16.5. The maximum atomic E-state index is 12.8. The van der Waals surface area contributed by atoms with Crippen molar-refractivity contribution < 1.29 is 14.3 Å². The molecular formula is C20H27N3O3. The molecule has 1 amide bonds. The molecule has 1 aromatic heterocycles. The fourth-order valence-corrected chi connectivity index (χ4v) is 2.92. The fraction of sp³-hybridized carbons (Fsp3) is 0.450. The second-order valence-corrected chi connectivity index (χ2v) is 6.56. The molecule has 1 aromatic carbocycles. The number of Topliss-reactive ketones (excluding diaryl/α,β-unsaturated/α-hetero) is 1. The third kappa shape index (κ3) is 4.71. The molecule has 6 nitrogen and oxygen atoms in total. The normalized spacial score (nSPS) is 11.9. The van der Waals surface area contributed by atoms with E-state index in [1.807, 2.05) is 31.2 Å². The SMILES string of the molecule is CCCCC(Oc1cccc(C)c1)C(=O)Nc1nn(C)c(C(C)=O)c1C. The van der Waals surface area contributed by atoms with E-state index in [9.17, 15) is 9.59 Å². The van der Waals surface area contributed by atoms with Crippen molar-refractivity contribution in [1.82, 2.24) is 9.78 Å². The van der Waals surface area contributed by atoms with E-state index in [1.165, 1.54) is 11.6 Å². The number of ketones is 1. The van der Waals surface area contributed by atoms with Gasteiger partial charge in [-0.2, -0.15) is 5.10 Å². The number of aromatic nitrogens is 2. The zero-order chi connectivity index (χ0) is 19.3. The van der Waals surface area contributed by atoms with Gasteiger partial charge in [0.25, 0.3) is 5.91 Å². The number of aryl methyl sites for hydroxylation is 2. The third-order valence-corrected chi connectivity index (χ3v) is 4.24. The van der Waals surface area contributed by atoms with Crippen LogP contribution in [-0.2, 0) is 11.8 Å². The van der Waals surface area contributed by atoms with Crippen LogP contribution in [0.5, 0.6) is 5.75 Å². The van der Waals surface area contributed by atoms with Crippen LogP contribution >= 0.6 is 0 Å². The highest BCUT2D eigenvalue weighted by Gasteiger charge is 2.24. The number of ether oxygens (including phenoxy) is 1. The van der Waals surface area contributed by atoms with Crippen LogP contribution in [0.1, 0.15) is 54.7 Å². The van der Waals surface area contributed by atoms with E-state index < -0.39 is 6.10 Å². The van der Waals surface area contributed by atoms with Crippen molar-refractivity contribution in [1.29, 1.82) is 0 Å². The third-order valence-electron chi connectivity index (χ3n) is 4.24. The highest BCUT2D eigenvalue weighted by molar-refractivity contribution is 5.98. The Labute approximate surface area is 154 Å². The Balaban J connectivity index is 2.19. The predicted octanol–water partition coefficient (Wildman–Crippen LogP) is 3.82. The number of anilines is 1. The minimum atomic E-state index is -0.612. The molecule has 0 saturated heterocycles. The van der Waals surface area contributed by atoms with Gasteiger partial charge in [-0.05, 0) is 44.4 Å². The molecule has 1 atom stereocenters. The molecule has 140 valence electrons. The van der Waals surface area contributed by atoms with E-state index in [1.54, 1.807) is 14.0 Å². The average molecular weight is 357 g/mol. The van der Waals surface area contributed by atoms with Crippen molar-refractivity contribution in [2.45, 2.75) is 53.1 Å². The lowest BCUT2D eigenvalue weighted by Crippen LogP contribution is -2.33. The lowest BCUT2D eigenvalue weighted by atomic mass is 10.1. The number of hydrogen-bond donors (Lipinski definition) is 1. The molecule has 6 heteroatoms. The van der Waals surface area contributed by atoms with Crippen LogP contribution in [0.15, 0.2) is 24.3 Å². The van der Waals surface area contributed by atoms with Crippen molar-refractivity contribution in [3.63, 3.8) is 0 Å². The summed E-state index contributed by atoms with van der Waals surface area (Å²) in [6, 6.07) is 7.64. The van der Waals surface area contributed by atoms with Gasteiger partial charge in [-0.25, -0.2) is 0 Å². The molecule has 1 N–H and O–H groups in total. The molecule has 1 unspecified atom stereocenters. The maximum absolute atomic E-state index is 12.8. The van der Waals surface area contributed by atoms with E-state index in [4.69, 9.17) is 4.74 Å². The van der Waals surface area contributed by atoms with E-state index >= 15 is 0 Å². The molecule has 0 spiro atoms. The van der Waals surface area contributed by atoms with E-state index in [0.717, 1.165) is 18.4 Å². The number of hydrogen-bond acceptors (Lipinski definition) is 4. The highest BCUT2D eigenvalue weighted by Crippen LogP contribution is 2.21. The first kappa shape index (κ1) is 19.7. The second-order valence-electron chi connectivity index (χ2n) is 6.56. The Bertz CT molecular complexity index is 796. The molecule has 0 bridgehead atoms. The number of carbonyl (C=O) groups excluding carboxylic acids is 2. The standard InChI is InChI=1S/C20H27N3O3/c1-6-7-11-17(26-16-10-8-9-13(2)12-16)20(25)21-19-14(3)18(15(4)24)23(5)22-19/h8-10,12,17H,6-7,11H2,1-5H3,(H,21,22,25). The van der Waals surface area contributed by atoms with Crippen molar-refractivity contribution >= 4 is 17.5 Å². The Morgan fingerprint density at radius 2 is 2.04 bits per heavy atom. The minimum absolute atomic E-state index is 0.0865. The van der Waals surface area contributed by atoms with E-state index in [0.29, 0.717) is 29.2 Å². The van der Waals surface area contributed by atoms with Crippen LogP contribution in [0.25, 0.3) is 0 Å². The van der Waals surface area contributed by atoms with Gasteiger partial charge in [-0.15, -0.1) is 0 Å². The lowest BCUT2D eigenvalue weighted by Gasteiger charge is -2.18. The van der Waals surface area contributed by atoms with Gasteiger partial charge in [-0.3, -0.25) is 14.3 Å². The predicted molar refractivity (Wildman–Crippen MR) is 102 cm³/mol. The first-order valence-electron chi connectivity index (χ1n) is 8.92. The Morgan fingerprint density at radius 3 is 2.62 bits per heavy atom. The molecule has 0 aliphatic rings. The average Bonchev–Trinajstić information content (AvgIpc) is 2.85. The zero-order valence-corrected chi connectivity index (χ0v) is 16.1. The number of carbonyl (C=O) groups is 2. The van der Waals surface area contributed by atoms with Gasteiger partial charge in [0.1, 0.15) is 11.4 Å². The number of amides is 1. The van der Waals surface area contributed by atoms with Crippen LogP contribution in [0, 0.1) is 13.8 Å². The fourth-order valence-electron chi connectivity index (χ4n) is 2.92. The van der Waals surface area contributed by atoms with Gasteiger partial charge in [0.05, 0.1) is 0 Å². The smallest absolute Gasteiger partial charge is 0.266 e. The van der Waals surface area contributed by atoms with Crippen molar-refractivity contribution in [3.8, 4) is 5.75 Å². The van der Waals surface area contributed by atoms with Crippen molar-refractivity contribution in [2.24, 2.45) is 7.05 Å². The van der Waals surface area contributed by atoms with Crippen LogP contribution in [0.2, 0.25) is 0 Å². The molecular weight excluding hydrogens is 330 g/mol. The molecule has 2 rings (SSSR count). The lowest BCUT2D eigenvalue weighted by molar-refractivity contribution is -0.123. The van der Waals surface area contributed by atoms with Crippen LogP contribution in [0.4, 0.5) is 5.82 Å². The summed E-state index contributed by atoms with van der Waals surface area (Å²) < 4.78 is 7.44. The Kier molecular flexibility index (Phi) is 6.55. The Morgan fingerprint density at radius 1 is 1.31 bits per heavy atom. The number of benzene rings is 1. The first-order valence-corrected chi connectivity index (χ1v) is 8.92. The summed E-state index contributed by atoms with van der Waals surface area (Å²) in [7, 11) is 1.69. The van der Waals surface area contributed by atoms with Crippen LogP contribution in [-0.4, -0.2) is 27.6 Å². The summed E-state index contributed by atoms with van der Waals surface area (Å²) in [4.78, 5) is 24.5. The largest absolute Gasteiger partial charge is 0.481 e. The number of rotatable bonds is 8. The van der Waals surface area contributed by atoms with Crippen LogP contribution < -0.4 is 10.1 Å². The molecule has 0 saturated carbocycles. The molecule has 1 heterocycles. The van der Waals surface area contributed by atoms with Crippen molar-refractivity contribution in [3.05, 3.63) is 41.1 Å². The van der Waals surface area contributed by atoms with Gasteiger partial charge in [0, 0.05) is 19.5 Å². The maximum Gasteiger partial charge on any atom is 0.266 e. The quantitative estimate of drug-likeness (QED) is 0.729. The van der Waals surface area contributed by atoms with Gasteiger partial charge in [-0.1, -0.05) is 25.5 Å². The Hall–Kier alpha value is -2.63. The van der Waals surface area contributed by atoms with E-state index in [-0.39, 0.29) is 11.7 Å². The van der Waals surface area contributed by atoms with E-state index in [2.05, 4.69) is 17.3 Å². The van der Waals surface area contributed by atoms with Crippen LogP contribution in [0.3, 0.4) is 0 Å². The molecule has 0 radical (unpaired) electrons. The molecule has 0 aliphatic carbocycles. The summed E-state index contributed by atoms with van der Waals surface area (Å²) in [5, 5.41) is 7.09. The number of nitrogens with one attached hydrogen (secondary N) is 1. The molecule has 0 fully saturated rings. The zero-order valence-electron chi connectivity index (χ0n) is 16.1. The minimum Gasteiger partial charge on any atom is -0.481 e. The first-order chi connectivity index (χ1) is 12.3. The summed E-state index contributed by atoms with van der Waals surface area (Å²) in [5.74, 6) is 0.730. The topological polar surface area (TPSA) is 73.2 Å². The van der Waals surface area contributed by atoms with Gasteiger partial charge in [0.2, 0.25) is 0 Å². The monoisotopic (exact) mass is 357 g/mol. The van der Waals surface area contributed by atoms with Gasteiger partial charge >= 0.3 is 0 Å². The summed E-state index contributed by atoms with van der Waals surface area (Å²) in [6.07, 6.45) is 1.85. The summed E-state index contributed by atoms with van der Waals surface area (Å²) in [5.41, 5.74) is 2.23. The summed E-state index contributed by atoms with van der Waals surface area (Å²) >= 11 is 0. The van der Waals surface area contributed by atoms with Gasteiger partial charge < -0.3 is 10.1 Å².